The van der Waals surface area contributed by atoms with Gasteiger partial charge in [0, 0.05) is 17.5 Å². The van der Waals surface area contributed by atoms with Crippen molar-refractivity contribution in [1.29, 1.82) is 0 Å². The van der Waals surface area contributed by atoms with E-state index in [1.54, 1.807) is 6.07 Å². The summed E-state index contributed by atoms with van der Waals surface area (Å²) in [7, 11) is -3.28. The summed E-state index contributed by atoms with van der Waals surface area (Å²) >= 11 is 0. The predicted octanol–water partition coefficient (Wildman–Crippen LogP) is 3.51. The first-order valence-electron chi connectivity index (χ1n) is 7.79. The van der Waals surface area contributed by atoms with Gasteiger partial charge in [-0.25, -0.2) is 8.42 Å². The predicted molar refractivity (Wildman–Crippen MR) is 97.0 cm³/mol. The van der Waals surface area contributed by atoms with Crippen LogP contribution in [0, 0.1) is 0 Å². The van der Waals surface area contributed by atoms with Gasteiger partial charge >= 0.3 is 0 Å². The molecule has 26 heavy (non-hydrogen) atoms. The third-order valence-corrected chi connectivity index (χ3v) is 4.76. The highest BCUT2D eigenvalue weighted by Crippen LogP contribution is 2.19. The molecule has 7 heteroatoms. The normalized spacial score (nSPS) is 11.1. The highest BCUT2D eigenvalue weighted by molar-refractivity contribution is 7.90. The zero-order valence-electron chi connectivity index (χ0n) is 14.0. The molecule has 0 radical (unpaired) electrons. The second-order valence-electron chi connectivity index (χ2n) is 5.63. The molecule has 1 aromatic heterocycles. The van der Waals surface area contributed by atoms with Crippen LogP contribution in [0.2, 0.25) is 0 Å². The first-order chi connectivity index (χ1) is 12.4. The number of furan rings is 1. The number of benzene rings is 2. The maximum absolute atomic E-state index is 12.4. The van der Waals surface area contributed by atoms with Crippen molar-refractivity contribution in [3.63, 3.8) is 0 Å². The van der Waals surface area contributed by atoms with Crippen LogP contribution in [0.15, 0.2) is 76.2 Å². The van der Waals surface area contributed by atoms with Crippen molar-refractivity contribution in [2.75, 3.05) is 11.6 Å². The van der Waals surface area contributed by atoms with E-state index in [4.69, 9.17) is 9.15 Å². The number of hydrogen-bond acceptors (Lipinski definition) is 5. The molecule has 0 atom stereocenters. The van der Waals surface area contributed by atoms with Crippen LogP contribution >= 0.6 is 0 Å². The molecule has 0 unspecified atom stereocenters. The van der Waals surface area contributed by atoms with E-state index in [-0.39, 0.29) is 17.3 Å². The van der Waals surface area contributed by atoms with E-state index < -0.39 is 15.7 Å². The number of sulfone groups is 1. The summed E-state index contributed by atoms with van der Waals surface area (Å²) in [4.78, 5) is 12.6. The molecule has 0 saturated heterocycles. The molecule has 1 heterocycles. The second kappa shape index (κ2) is 7.45. The lowest BCUT2D eigenvalue weighted by molar-refractivity contribution is 0.0993. The van der Waals surface area contributed by atoms with Gasteiger partial charge in [0.15, 0.2) is 15.6 Å². The van der Waals surface area contributed by atoms with Crippen LogP contribution in [-0.4, -0.2) is 20.6 Å². The number of carbonyl (C=O) groups excluding carboxylic acids is 1. The van der Waals surface area contributed by atoms with E-state index in [2.05, 4.69) is 5.32 Å². The number of nitrogens with one attached hydrogen (secondary N) is 1. The summed E-state index contributed by atoms with van der Waals surface area (Å²) in [5.41, 5.74) is 1.08. The summed E-state index contributed by atoms with van der Waals surface area (Å²) in [6, 6.07) is 16.8. The van der Waals surface area contributed by atoms with Gasteiger partial charge in [0.2, 0.25) is 0 Å². The van der Waals surface area contributed by atoms with E-state index in [9.17, 15) is 13.2 Å². The molecule has 0 aliphatic rings. The van der Waals surface area contributed by atoms with Crippen molar-refractivity contribution in [3.8, 4) is 5.75 Å². The molecule has 2 aromatic carbocycles. The monoisotopic (exact) mass is 371 g/mol. The molecule has 0 spiro atoms. The molecule has 3 aromatic rings. The largest absolute Gasteiger partial charge is 0.489 e. The standard InChI is InChI=1S/C19H17NO5S/c1-26(22,23)17-9-7-15(8-10-17)20-19(21)18-14(11-12-24-18)13-25-16-5-3-2-4-6-16/h2-12H,13H2,1H3,(H,20,21). The van der Waals surface area contributed by atoms with Gasteiger partial charge < -0.3 is 14.5 Å². The molecule has 6 nitrogen and oxygen atoms in total. The van der Waals surface area contributed by atoms with Crippen molar-refractivity contribution in [1.82, 2.24) is 0 Å². The Labute approximate surface area is 151 Å². The van der Waals surface area contributed by atoms with Gasteiger partial charge in [0.05, 0.1) is 11.2 Å². The Balaban J connectivity index is 1.68. The van der Waals surface area contributed by atoms with Gasteiger partial charge in [-0.1, -0.05) is 18.2 Å². The van der Waals surface area contributed by atoms with Crippen molar-refractivity contribution in [3.05, 3.63) is 78.3 Å². The SMILES string of the molecule is CS(=O)(=O)c1ccc(NC(=O)c2occc2COc2ccccc2)cc1. The minimum absolute atomic E-state index is 0.146. The number of amides is 1. The van der Waals surface area contributed by atoms with Gasteiger partial charge in [0.25, 0.3) is 5.91 Å². The molecule has 3 rings (SSSR count). The van der Waals surface area contributed by atoms with Crippen LogP contribution in [0.25, 0.3) is 0 Å². The van der Waals surface area contributed by atoms with E-state index >= 15 is 0 Å². The molecular weight excluding hydrogens is 354 g/mol. The first kappa shape index (κ1) is 17.8. The molecule has 0 saturated carbocycles. The fourth-order valence-corrected chi connectivity index (χ4v) is 2.93. The molecule has 0 bridgehead atoms. The third-order valence-electron chi connectivity index (χ3n) is 3.63. The summed E-state index contributed by atoms with van der Waals surface area (Å²) in [5.74, 6) is 0.401. The maximum Gasteiger partial charge on any atom is 0.291 e. The topological polar surface area (TPSA) is 85.6 Å². The Morgan fingerprint density at radius 2 is 1.73 bits per heavy atom. The van der Waals surface area contributed by atoms with Crippen LogP contribution in [0.5, 0.6) is 5.75 Å². The zero-order valence-corrected chi connectivity index (χ0v) is 14.8. The summed E-state index contributed by atoms with van der Waals surface area (Å²) in [5, 5.41) is 2.68. The Kier molecular flexibility index (Phi) is 5.09. The van der Waals surface area contributed by atoms with Crippen LogP contribution < -0.4 is 10.1 Å². The van der Waals surface area contributed by atoms with Gasteiger partial charge in [-0.2, -0.15) is 0 Å². The number of carbonyl (C=O) groups is 1. The van der Waals surface area contributed by atoms with Crippen LogP contribution in [0.3, 0.4) is 0 Å². The lowest BCUT2D eigenvalue weighted by Crippen LogP contribution is -2.13. The minimum Gasteiger partial charge on any atom is -0.489 e. The van der Waals surface area contributed by atoms with Crippen molar-refractivity contribution in [2.45, 2.75) is 11.5 Å². The van der Waals surface area contributed by atoms with Gasteiger partial charge in [-0.05, 0) is 42.5 Å². The lowest BCUT2D eigenvalue weighted by Gasteiger charge is -2.08. The van der Waals surface area contributed by atoms with E-state index in [0.717, 1.165) is 6.26 Å². The van der Waals surface area contributed by atoms with Crippen molar-refractivity contribution in [2.24, 2.45) is 0 Å². The van der Waals surface area contributed by atoms with E-state index in [1.165, 1.54) is 30.5 Å². The molecule has 0 fully saturated rings. The number of hydrogen-bond donors (Lipinski definition) is 1. The Morgan fingerprint density at radius 3 is 2.38 bits per heavy atom. The zero-order chi connectivity index (χ0) is 18.6. The number of anilines is 1. The fourth-order valence-electron chi connectivity index (χ4n) is 2.30. The summed E-state index contributed by atoms with van der Waals surface area (Å²) in [6.45, 7) is 0.191. The van der Waals surface area contributed by atoms with Crippen LogP contribution in [-0.2, 0) is 16.4 Å². The van der Waals surface area contributed by atoms with Crippen LogP contribution in [0.4, 0.5) is 5.69 Å². The van der Waals surface area contributed by atoms with Gasteiger partial charge in [-0.15, -0.1) is 0 Å². The van der Waals surface area contributed by atoms with Gasteiger partial charge in [-0.3, -0.25) is 4.79 Å². The first-order valence-corrected chi connectivity index (χ1v) is 9.68. The van der Waals surface area contributed by atoms with Gasteiger partial charge in [0.1, 0.15) is 12.4 Å². The fraction of sp³-hybridized carbons (Fsp3) is 0.105. The smallest absolute Gasteiger partial charge is 0.291 e. The second-order valence-corrected chi connectivity index (χ2v) is 7.64. The van der Waals surface area contributed by atoms with Crippen molar-refractivity contribution >= 4 is 21.4 Å². The highest BCUT2D eigenvalue weighted by atomic mass is 32.2. The highest BCUT2D eigenvalue weighted by Gasteiger charge is 2.16. The lowest BCUT2D eigenvalue weighted by atomic mass is 10.2. The molecule has 1 amide bonds. The quantitative estimate of drug-likeness (QED) is 0.717. The summed E-state index contributed by atoms with van der Waals surface area (Å²) < 4.78 is 33.9. The molecule has 134 valence electrons. The number of rotatable bonds is 6. The summed E-state index contributed by atoms with van der Waals surface area (Å²) in [6.07, 6.45) is 2.55. The molecule has 0 aliphatic heterocycles. The Hall–Kier alpha value is -3.06. The Bertz CT molecular complexity index is 992. The van der Waals surface area contributed by atoms with E-state index in [0.29, 0.717) is 17.0 Å². The molecule has 1 N–H and O–H groups in total. The number of para-hydroxylation sites is 1. The average Bonchev–Trinajstić information content (AvgIpc) is 3.09. The Morgan fingerprint density at radius 1 is 1.04 bits per heavy atom. The third kappa shape index (κ3) is 4.31. The minimum atomic E-state index is -3.28. The van der Waals surface area contributed by atoms with Crippen molar-refractivity contribution < 1.29 is 22.4 Å². The average molecular weight is 371 g/mol. The maximum atomic E-state index is 12.4. The van der Waals surface area contributed by atoms with E-state index in [1.807, 2.05) is 30.3 Å². The molecule has 0 aliphatic carbocycles. The number of ether oxygens (including phenoxy) is 1. The van der Waals surface area contributed by atoms with Crippen LogP contribution in [0.1, 0.15) is 16.1 Å². The molecular formula is C19H17NO5S.